The molecule has 16 heavy (non-hydrogen) atoms. The second-order valence-corrected chi connectivity index (χ2v) is 4.47. The average molecular weight is 301 g/mol. The van der Waals surface area contributed by atoms with Gasteiger partial charge in [0.2, 0.25) is 0 Å². The van der Waals surface area contributed by atoms with Crippen LogP contribution in [0.15, 0.2) is 22.7 Å². The molecule has 0 fully saturated rings. The summed E-state index contributed by atoms with van der Waals surface area (Å²) in [5.74, 6) is 2.31. The van der Waals surface area contributed by atoms with Crippen molar-refractivity contribution in [3.63, 3.8) is 0 Å². The van der Waals surface area contributed by atoms with Crippen LogP contribution in [0.3, 0.4) is 0 Å². The van der Waals surface area contributed by atoms with Crippen molar-refractivity contribution in [3.8, 4) is 12.3 Å². The maximum atomic E-state index is 12.0. The van der Waals surface area contributed by atoms with E-state index in [1.54, 1.807) is 23.1 Å². The number of hydrogen-bond donors (Lipinski definition) is 0. The minimum atomic E-state index is -0.141. The maximum Gasteiger partial charge on any atom is 0.256 e. The van der Waals surface area contributed by atoms with Gasteiger partial charge in [-0.15, -0.1) is 6.42 Å². The summed E-state index contributed by atoms with van der Waals surface area (Å²) in [6, 6.07) is 5.16. The third-order valence-electron chi connectivity index (χ3n) is 2.11. The number of hydrogen-bond acceptors (Lipinski definition) is 1. The number of carbonyl (C=O) groups excluding carboxylic acids is 1. The Morgan fingerprint density at radius 3 is 2.81 bits per heavy atom. The minimum absolute atomic E-state index is 0.141. The van der Waals surface area contributed by atoms with Crippen molar-refractivity contribution in [2.75, 3.05) is 13.1 Å². The van der Waals surface area contributed by atoms with Crippen LogP contribution in [0.4, 0.5) is 0 Å². The molecule has 0 saturated carbocycles. The van der Waals surface area contributed by atoms with E-state index in [4.69, 9.17) is 18.0 Å². The van der Waals surface area contributed by atoms with Gasteiger partial charge in [-0.1, -0.05) is 33.5 Å². The highest BCUT2D eigenvalue weighted by Crippen LogP contribution is 2.22. The molecule has 0 radical (unpaired) electrons. The van der Waals surface area contributed by atoms with Gasteiger partial charge < -0.3 is 4.90 Å². The topological polar surface area (TPSA) is 20.3 Å². The second-order valence-electron chi connectivity index (χ2n) is 3.15. The summed E-state index contributed by atoms with van der Waals surface area (Å²) in [5, 5.41) is 0.426. The molecule has 0 saturated heterocycles. The summed E-state index contributed by atoms with van der Waals surface area (Å²) in [5.41, 5.74) is 0.474. The highest BCUT2D eigenvalue weighted by molar-refractivity contribution is 9.10. The summed E-state index contributed by atoms with van der Waals surface area (Å²) in [4.78, 5) is 13.6. The van der Waals surface area contributed by atoms with Gasteiger partial charge in [0.25, 0.3) is 5.91 Å². The van der Waals surface area contributed by atoms with Crippen molar-refractivity contribution in [1.29, 1.82) is 0 Å². The lowest BCUT2D eigenvalue weighted by Gasteiger charge is -2.18. The molecule has 1 aromatic rings. The van der Waals surface area contributed by atoms with Crippen molar-refractivity contribution in [3.05, 3.63) is 33.3 Å². The molecule has 84 valence electrons. The first-order chi connectivity index (χ1) is 7.60. The highest BCUT2D eigenvalue weighted by atomic mass is 79.9. The van der Waals surface area contributed by atoms with Gasteiger partial charge in [-0.3, -0.25) is 4.79 Å². The van der Waals surface area contributed by atoms with E-state index in [0.717, 1.165) is 4.47 Å². The Kier molecular flexibility index (Phi) is 4.85. The molecule has 0 bridgehead atoms. The Labute approximate surface area is 109 Å². The molecule has 1 rings (SSSR count). The van der Waals surface area contributed by atoms with Gasteiger partial charge in [0.1, 0.15) is 0 Å². The van der Waals surface area contributed by atoms with Crippen molar-refractivity contribution in [2.24, 2.45) is 0 Å². The number of halogens is 2. The van der Waals surface area contributed by atoms with Crippen LogP contribution < -0.4 is 0 Å². The predicted octanol–water partition coefficient (Wildman–Crippen LogP) is 3.20. The smallest absolute Gasteiger partial charge is 0.256 e. The lowest BCUT2D eigenvalue weighted by atomic mass is 10.2. The number of benzene rings is 1. The molecule has 0 N–H and O–H groups in total. The molecule has 1 aromatic carbocycles. The zero-order valence-corrected chi connectivity index (χ0v) is 11.2. The summed E-state index contributed by atoms with van der Waals surface area (Å²) >= 11 is 9.28. The van der Waals surface area contributed by atoms with Crippen LogP contribution in [0.25, 0.3) is 0 Å². The van der Waals surface area contributed by atoms with Crippen LogP contribution in [-0.2, 0) is 0 Å². The van der Waals surface area contributed by atoms with Crippen LogP contribution in [0.5, 0.6) is 0 Å². The fourth-order valence-corrected chi connectivity index (χ4v) is 2.02. The quantitative estimate of drug-likeness (QED) is 0.785. The number of rotatable bonds is 3. The Hall–Kier alpha value is -0.980. The molecule has 0 aliphatic carbocycles. The fraction of sp³-hybridized carbons (Fsp3) is 0.250. The van der Waals surface area contributed by atoms with Gasteiger partial charge in [0.15, 0.2) is 0 Å². The summed E-state index contributed by atoms with van der Waals surface area (Å²) < 4.78 is 0.842. The number of amides is 1. The lowest BCUT2D eigenvalue weighted by molar-refractivity contribution is 0.0785. The first-order valence-corrected chi connectivity index (χ1v) is 5.95. The molecule has 2 nitrogen and oxygen atoms in total. The molecule has 4 heteroatoms. The van der Waals surface area contributed by atoms with Gasteiger partial charge in [-0.2, -0.15) is 0 Å². The minimum Gasteiger partial charge on any atom is -0.328 e. The average Bonchev–Trinajstić information content (AvgIpc) is 2.25. The fourth-order valence-electron chi connectivity index (χ4n) is 1.27. The van der Waals surface area contributed by atoms with Crippen LogP contribution in [-0.4, -0.2) is 23.9 Å². The van der Waals surface area contributed by atoms with Gasteiger partial charge >= 0.3 is 0 Å². The van der Waals surface area contributed by atoms with Gasteiger partial charge in [0, 0.05) is 11.0 Å². The molecular weight excluding hydrogens is 289 g/mol. The van der Waals surface area contributed by atoms with Crippen LogP contribution >= 0.6 is 27.5 Å². The third-order valence-corrected chi connectivity index (χ3v) is 2.92. The van der Waals surface area contributed by atoms with Crippen LogP contribution in [0.1, 0.15) is 17.3 Å². The standard InChI is InChI=1S/C12H11BrClNO/c1-3-7-15(4-2)12(16)10-6-5-9(13)8-11(10)14/h1,5-6,8H,4,7H2,2H3. The van der Waals surface area contributed by atoms with E-state index in [2.05, 4.69) is 21.9 Å². The Bertz CT molecular complexity index is 439. The van der Waals surface area contributed by atoms with Crippen molar-refractivity contribution < 1.29 is 4.79 Å². The molecule has 0 unspecified atom stereocenters. The zero-order chi connectivity index (χ0) is 12.1. The SMILES string of the molecule is C#CCN(CC)C(=O)c1ccc(Br)cc1Cl. The van der Waals surface area contributed by atoms with Crippen molar-refractivity contribution in [1.82, 2.24) is 4.90 Å². The molecule has 0 heterocycles. The van der Waals surface area contributed by atoms with E-state index < -0.39 is 0 Å². The first kappa shape index (κ1) is 13.1. The van der Waals surface area contributed by atoms with E-state index in [0.29, 0.717) is 23.7 Å². The van der Waals surface area contributed by atoms with Gasteiger partial charge in [0.05, 0.1) is 17.1 Å². The number of terminal acetylenes is 1. The van der Waals surface area contributed by atoms with Crippen molar-refractivity contribution in [2.45, 2.75) is 6.92 Å². The Balaban J connectivity index is 3.00. The van der Waals surface area contributed by atoms with Crippen molar-refractivity contribution >= 4 is 33.4 Å². The molecule has 0 aromatic heterocycles. The predicted molar refractivity (Wildman–Crippen MR) is 69.6 cm³/mol. The number of carbonyl (C=O) groups is 1. The Morgan fingerprint density at radius 2 is 2.31 bits per heavy atom. The third kappa shape index (κ3) is 3.01. The molecule has 0 spiro atoms. The molecule has 0 aliphatic rings. The van der Waals surface area contributed by atoms with E-state index >= 15 is 0 Å². The zero-order valence-electron chi connectivity index (χ0n) is 8.84. The monoisotopic (exact) mass is 299 g/mol. The Morgan fingerprint density at radius 1 is 1.62 bits per heavy atom. The first-order valence-electron chi connectivity index (χ1n) is 4.78. The van der Waals surface area contributed by atoms with Gasteiger partial charge in [-0.05, 0) is 25.1 Å². The van der Waals surface area contributed by atoms with E-state index in [1.807, 2.05) is 6.92 Å². The molecular formula is C12H11BrClNO. The van der Waals surface area contributed by atoms with Crippen LogP contribution in [0, 0.1) is 12.3 Å². The highest BCUT2D eigenvalue weighted by Gasteiger charge is 2.16. The van der Waals surface area contributed by atoms with E-state index in [9.17, 15) is 4.79 Å². The summed E-state index contributed by atoms with van der Waals surface area (Å²) in [7, 11) is 0. The summed E-state index contributed by atoms with van der Waals surface area (Å²) in [6.45, 7) is 2.74. The van der Waals surface area contributed by atoms with E-state index in [1.165, 1.54) is 0 Å². The molecule has 1 amide bonds. The summed E-state index contributed by atoms with van der Waals surface area (Å²) in [6.07, 6.45) is 5.20. The largest absolute Gasteiger partial charge is 0.328 e. The molecule has 0 aliphatic heterocycles. The van der Waals surface area contributed by atoms with Crippen LogP contribution in [0.2, 0.25) is 5.02 Å². The lowest BCUT2D eigenvalue weighted by Crippen LogP contribution is -2.31. The van der Waals surface area contributed by atoms with E-state index in [-0.39, 0.29) is 5.91 Å². The maximum absolute atomic E-state index is 12.0. The normalized spacial score (nSPS) is 9.62. The number of nitrogens with zero attached hydrogens (tertiary/aromatic N) is 1. The van der Waals surface area contributed by atoms with Gasteiger partial charge in [-0.25, -0.2) is 0 Å². The molecule has 0 atom stereocenters. The second kappa shape index (κ2) is 5.93.